The molecule has 1 atom stereocenters. The van der Waals surface area contributed by atoms with Crippen LogP contribution >= 0.6 is 0 Å². The number of amides is 1. The Morgan fingerprint density at radius 1 is 0.926 bits per heavy atom. The van der Waals surface area contributed by atoms with Crippen molar-refractivity contribution < 1.29 is 4.79 Å². The van der Waals surface area contributed by atoms with E-state index < -0.39 is 0 Å². The molecule has 0 unspecified atom stereocenters. The summed E-state index contributed by atoms with van der Waals surface area (Å²) in [4.78, 5) is 20.2. The monoisotopic (exact) mass is 355 g/mol. The van der Waals surface area contributed by atoms with Gasteiger partial charge in [-0.15, -0.1) is 0 Å². The third-order valence-electron chi connectivity index (χ3n) is 4.62. The van der Waals surface area contributed by atoms with Crippen LogP contribution in [0, 0.1) is 0 Å². The highest BCUT2D eigenvalue weighted by Crippen LogP contribution is 2.20. The summed E-state index contributed by atoms with van der Waals surface area (Å²) in [6, 6.07) is 26.0. The van der Waals surface area contributed by atoms with Gasteiger partial charge in [0, 0.05) is 0 Å². The number of imidazole rings is 1. The molecule has 3 aromatic carbocycles. The van der Waals surface area contributed by atoms with E-state index in [4.69, 9.17) is 0 Å². The van der Waals surface area contributed by atoms with Crippen LogP contribution in [0.3, 0.4) is 0 Å². The first-order chi connectivity index (χ1) is 13.2. The Bertz CT molecular complexity index is 1020. The first kappa shape index (κ1) is 17.0. The average molecular weight is 355 g/mol. The fourth-order valence-electron chi connectivity index (χ4n) is 3.17. The fourth-order valence-corrected chi connectivity index (χ4v) is 3.17. The van der Waals surface area contributed by atoms with Gasteiger partial charge in [0.05, 0.1) is 23.5 Å². The van der Waals surface area contributed by atoms with Crippen LogP contribution in [0.4, 0.5) is 0 Å². The Hall–Kier alpha value is -3.40. The normalized spacial score (nSPS) is 12.0. The molecule has 27 heavy (non-hydrogen) atoms. The fraction of sp³-hybridized carbons (Fsp3) is 0.130. The zero-order valence-corrected chi connectivity index (χ0v) is 15.1. The smallest absolute Gasteiger partial charge is 0.224 e. The molecule has 134 valence electrons. The predicted molar refractivity (Wildman–Crippen MR) is 108 cm³/mol. The topological polar surface area (TPSA) is 57.8 Å². The molecule has 0 saturated carbocycles. The standard InChI is InChI=1S/C23H21N3O/c1-16(23-25-20-9-5-6-10-21(20)26-23)24-22(27)15-17-11-13-19(14-12-17)18-7-3-2-4-8-18/h2-14,16H,15H2,1H3,(H,24,27)(H,25,26)/t16-/m0/s1. The van der Waals surface area contributed by atoms with E-state index in [0.29, 0.717) is 6.42 Å². The van der Waals surface area contributed by atoms with Crippen LogP contribution in [0.1, 0.15) is 24.4 Å². The third kappa shape index (κ3) is 3.90. The van der Waals surface area contributed by atoms with Crippen molar-refractivity contribution in [1.29, 1.82) is 0 Å². The molecule has 0 aliphatic heterocycles. The first-order valence-electron chi connectivity index (χ1n) is 9.07. The molecule has 1 aromatic heterocycles. The van der Waals surface area contributed by atoms with Crippen LogP contribution in [0.5, 0.6) is 0 Å². The van der Waals surface area contributed by atoms with E-state index in [9.17, 15) is 4.79 Å². The SMILES string of the molecule is C[C@H](NC(=O)Cc1ccc(-c2ccccc2)cc1)c1nc2ccccc2[nH]1. The van der Waals surface area contributed by atoms with E-state index in [1.807, 2.05) is 61.5 Å². The molecule has 4 heteroatoms. The molecule has 4 rings (SSSR count). The zero-order chi connectivity index (χ0) is 18.6. The van der Waals surface area contributed by atoms with Gasteiger partial charge in [-0.3, -0.25) is 4.79 Å². The van der Waals surface area contributed by atoms with Crippen LogP contribution in [0.25, 0.3) is 22.2 Å². The van der Waals surface area contributed by atoms with Crippen molar-refractivity contribution in [1.82, 2.24) is 15.3 Å². The van der Waals surface area contributed by atoms with Crippen LogP contribution in [0.2, 0.25) is 0 Å². The molecule has 1 heterocycles. The molecule has 4 nitrogen and oxygen atoms in total. The van der Waals surface area contributed by atoms with E-state index in [2.05, 4.69) is 39.6 Å². The second kappa shape index (κ2) is 7.46. The number of benzene rings is 3. The first-order valence-corrected chi connectivity index (χ1v) is 9.07. The Balaban J connectivity index is 1.40. The number of carbonyl (C=O) groups is 1. The van der Waals surface area contributed by atoms with E-state index in [0.717, 1.165) is 28.0 Å². The van der Waals surface area contributed by atoms with Gasteiger partial charge < -0.3 is 10.3 Å². The molecule has 0 aliphatic rings. The Kier molecular flexibility index (Phi) is 4.71. The lowest BCUT2D eigenvalue weighted by Gasteiger charge is -2.11. The van der Waals surface area contributed by atoms with Crippen molar-refractivity contribution in [2.75, 3.05) is 0 Å². The molecule has 0 aliphatic carbocycles. The van der Waals surface area contributed by atoms with Crippen molar-refractivity contribution >= 4 is 16.9 Å². The summed E-state index contributed by atoms with van der Waals surface area (Å²) in [6.45, 7) is 1.94. The Labute approximate surface area is 158 Å². The second-order valence-corrected chi connectivity index (χ2v) is 6.67. The minimum absolute atomic E-state index is 0.0181. The molecule has 2 N–H and O–H groups in total. The largest absolute Gasteiger partial charge is 0.346 e. The number of aromatic nitrogens is 2. The Morgan fingerprint density at radius 2 is 1.59 bits per heavy atom. The number of para-hydroxylation sites is 2. The average Bonchev–Trinajstić information content (AvgIpc) is 3.14. The quantitative estimate of drug-likeness (QED) is 0.547. The minimum atomic E-state index is -0.173. The molecule has 0 spiro atoms. The van der Waals surface area contributed by atoms with Crippen LogP contribution in [0.15, 0.2) is 78.9 Å². The van der Waals surface area contributed by atoms with E-state index in [1.165, 1.54) is 5.56 Å². The lowest BCUT2D eigenvalue weighted by molar-refractivity contribution is -0.121. The van der Waals surface area contributed by atoms with Gasteiger partial charge in [0.15, 0.2) is 0 Å². The van der Waals surface area contributed by atoms with E-state index in [-0.39, 0.29) is 11.9 Å². The molecular formula is C23H21N3O. The number of aromatic amines is 1. The molecule has 1 amide bonds. The van der Waals surface area contributed by atoms with Crippen molar-refractivity contribution in [3.8, 4) is 11.1 Å². The molecular weight excluding hydrogens is 334 g/mol. The number of nitrogens with zero attached hydrogens (tertiary/aromatic N) is 1. The number of hydrogen-bond acceptors (Lipinski definition) is 2. The van der Waals surface area contributed by atoms with E-state index in [1.54, 1.807) is 0 Å². The van der Waals surface area contributed by atoms with Gasteiger partial charge in [0.1, 0.15) is 5.82 Å². The van der Waals surface area contributed by atoms with Crippen molar-refractivity contribution in [2.45, 2.75) is 19.4 Å². The van der Waals surface area contributed by atoms with Gasteiger partial charge in [-0.1, -0.05) is 66.7 Å². The summed E-state index contributed by atoms with van der Waals surface area (Å²) < 4.78 is 0. The maximum atomic E-state index is 12.4. The lowest BCUT2D eigenvalue weighted by Crippen LogP contribution is -2.28. The van der Waals surface area contributed by atoms with Gasteiger partial charge >= 0.3 is 0 Å². The molecule has 0 radical (unpaired) electrons. The summed E-state index contributed by atoms with van der Waals surface area (Å²) in [7, 11) is 0. The third-order valence-corrected chi connectivity index (χ3v) is 4.62. The highest BCUT2D eigenvalue weighted by atomic mass is 16.1. The number of fused-ring (bicyclic) bond motifs is 1. The maximum absolute atomic E-state index is 12.4. The number of rotatable bonds is 5. The van der Waals surface area contributed by atoms with Crippen molar-refractivity contribution in [3.63, 3.8) is 0 Å². The van der Waals surface area contributed by atoms with E-state index >= 15 is 0 Å². The highest BCUT2D eigenvalue weighted by Gasteiger charge is 2.14. The summed E-state index contributed by atoms with van der Waals surface area (Å²) >= 11 is 0. The molecule has 0 bridgehead atoms. The Morgan fingerprint density at radius 3 is 2.33 bits per heavy atom. The van der Waals surface area contributed by atoms with Crippen LogP contribution in [-0.2, 0) is 11.2 Å². The van der Waals surface area contributed by atoms with Gasteiger partial charge in [-0.25, -0.2) is 4.98 Å². The summed E-state index contributed by atoms with van der Waals surface area (Å²) in [6.07, 6.45) is 0.347. The number of hydrogen-bond donors (Lipinski definition) is 2. The van der Waals surface area contributed by atoms with Gasteiger partial charge in [0.25, 0.3) is 0 Å². The molecule has 0 fully saturated rings. The van der Waals surface area contributed by atoms with Gasteiger partial charge in [-0.2, -0.15) is 0 Å². The molecule has 0 saturated heterocycles. The van der Waals surface area contributed by atoms with Crippen LogP contribution in [-0.4, -0.2) is 15.9 Å². The lowest BCUT2D eigenvalue weighted by atomic mass is 10.0. The maximum Gasteiger partial charge on any atom is 0.224 e. The predicted octanol–water partition coefficient (Wildman–Crippen LogP) is 4.65. The summed E-state index contributed by atoms with van der Waals surface area (Å²) in [5.74, 6) is 0.749. The summed E-state index contributed by atoms with van der Waals surface area (Å²) in [5.41, 5.74) is 5.20. The highest BCUT2D eigenvalue weighted by molar-refractivity contribution is 5.80. The van der Waals surface area contributed by atoms with Gasteiger partial charge in [-0.05, 0) is 35.7 Å². The zero-order valence-electron chi connectivity index (χ0n) is 15.1. The number of H-pyrrole nitrogens is 1. The van der Waals surface area contributed by atoms with Crippen molar-refractivity contribution in [2.24, 2.45) is 0 Å². The number of nitrogens with one attached hydrogen (secondary N) is 2. The minimum Gasteiger partial charge on any atom is -0.346 e. The number of carbonyl (C=O) groups excluding carboxylic acids is 1. The van der Waals surface area contributed by atoms with Crippen LogP contribution < -0.4 is 5.32 Å². The second-order valence-electron chi connectivity index (χ2n) is 6.67. The summed E-state index contributed by atoms with van der Waals surface area (Å²) in [5, 5.41) is 3.02. The van der Waals surface area contributed by atoms with Crippen molar-refractivity contribution in [3.05, 3.63) is 90.3 Å². The van der Waals surface area contributed by atoms with Gasteiger partial charge in [0.2, 0.25) is 5.91 Å². The molecule has 4 aromatic rings.